The lowest BCUT2D eigenvalue weighted by atomic mass is 9.97. The van der Waals surface area contributed by atoms with E-state index in [0.29, 0.717) is 39.4 Å². The molecule has 0 aliphatic carbocycles. The third-order valence-corrected chi connectivity index (χ3v) is 7.61. The van der Waals surface area contributed by atoms with Crippen molar-refractivity contribution in [1.82, 2.24) is 20.5 Å². The molecule has 0 unspecified atom stereocenters. The highest BCUT2D eigenvalue weighted by Gasteiger charge is 2.48. The van der Waals surface area contributed by atoms with Gasteiger partial charge in [0.05, 0.1) is 37.4 Å². The van der Waals surface area contributed by atoms with Gasteiger partial charge in [-0.25, -0.2) is 9.78 Å². The Labute approximate surface area is 272 Å². The van der Waals surface area contributed by atoms with Crippen molar-refractivity contribution in [2.24, 2.45) is 5.41 Å². The van der Waals surface area contributed by atoms with Gasteiger partial charge in [0.1, 0.15) is 17.6 Å². The Morgan fingerprint density at radius 2 is 1.87 bits per heavy atom. The first-order chi connectivity index (χ1) is 22.4. The Kier molecular flexibility index (Phi) is 8.94. The van der Waals surface area contributed by atoms with E-state index in [9.17, 15) is 19.2 Å². The summed E-state index contributed by atoms with van der Waals surface area (Å²) in [7, 11) is 3.36. The molecule has 2 aliphatic rings. The highest BCUT2D eigenvalue weighted by Crippen LogP contribution is 2.32. The molecule has 4 amide bonds. The summed E-state index contributed by atoms with van der Waals surface area (Å²) in [4.78, 5) is 57.5. The lowest BCUT2D eigenvalue weighted by Crippen LogP contribution is -2.72. The van der Waals surface area contributed by atoms with E-state index in [2.05, 4.69) is 22.5 Å². The summed E-state index contributed by atoms with van der Waals surface area (Å²) in [5.41, 5.74) is 1.46. The van der Waals surface area contributed by atoms with Crippen LogP contribution in [0.1, 0.15) is 48.0 Å². The number of benzene rings is 2. The summed E-state index contributed by atoms with van der Waals surface area (Å²) in [5.74, 6) is 5.31. The number of nitrogens with zero attached hydrogens (tertiary/aromatic N) is 2. The van der Waals surface area contributed by atoms with E-state index in [-0.39, 0.29) is 24.7 Å². The number of esters is 1. The number of nitrogens with two attached hydrogens (primary N) is 1. The van der Waals surface area contributed by atoms with Crippen LogP contribution in [0.15, 0.2) is 60.8 Å². The number of aromatic nitrogens is 1. The molecule has 12 nitrogen and oxygen atoms in total. The predicted octanol–water partition coefficient (Wildman–Crippen LogP) is 2.48. The normalized spacial score (nSPS) is 17.3. The molecule has 12 heteroatoms. The van der Waals surface area contributed by atoms with Crippen molar-refractivity contribution in [2.45, 2.75) is 32.9 Å². The first-order valence-electron chi connectivity index (χ1n) is 14.8. The molecule has 1 aromatic heterocycles. The van der Waals surface area contributed by atoms with Gasteiger partial charge in [0.15, 0.2) is 5.75 Å². The molecule has 240 valence electrons. The molecule has 47 heavy (non-hydrogen) atoms. The van der Waals surface area contributed by atoms with Crippen LogP contribution < -0.4 is 25.4 Å². The van der Waals surface area contributed by atoms with Crippen LogP contribution in [0.5, 0.6) is 11.5 Å². The lowest BCUT2D eigenvalue weighted by Gasteiger charge is -2.26. The monoisotopic (exact) mass is 635 g/mol. The van der Waals surface area contributed by atoms with Crippen molar-refractivity contribution in [3.8, 4) is 34.6 Å². The highest BCUT2D eigenvalue weighted by atomic mass is 16.5. The molecule has 5 rings (SSSR count). The zero-order chi connectivity index (χ0) is 33.9. The zero-order valence-corrected chi connectivity index (χ0v) is 26.7. The minimum Gasteiger partial charge on any atom is -0.497 e. The molecule has 0 radical (unpaired) electrons. The van der Waals surface area contributed by atoms with Gasteiger partial charge >= 0.3 is 12.0 Å². The van der Waals surface area contributed by atoms with Crippen molar-refractivity contribution in [1.29, 1.82) is 5.41 Å². The largest absolute Gasteiger partial charge is 0.497 e. The summed E-state index contributed by atoms with van der Waals surface area (Å²) >= 11 is 0. The molecule has 0 saturated carbocycles. The number of quaternary nitrogens is 1. The van der Waals surface area contributed by atoms with Gasteiger partial charge in [-0.1, -0.05) is 30.0 Å². The Hall–Kier alpha value is -5.80. The maximum atomic E-state index is 13.2. The Morgan fingerprint density at radius 3 is 2.49 bits per heavy atom. The highest BCUT2D eigenvalue weighted by molar-refractivity contribution is 6.10. The summed E-state index contributed by atoms with van der Waals surface area (Å²) in [5, 5.41) is 14.5. The van der Waals surface area contributed by atoms with E-state index in [1.807, 2.05) is 7.05 Å². The predicted molar refractivity (Wildman–Crippen MR) is 173 cm³/mol. The third-order valence-electron chi connectivity index (χ3n) is 7.61. The van der Waals surface area contributed by atoms with Crippen LogP contribution in [-0.4, -0.2) is 66.2 Å². The van der Waals surface area contributed by atoms with Crippen LogP contribution in [0.25, 0.3) is 16.8 Å². The van der Waals surface area contributed by atoms with Crippen molar-refractivity contribution in [3.05, 3.63) is 83.2 Å². The summed E-state index contributed by atoms with van der Waals surface area (Å²) < 4.78 is 11.0. The number of pyridine rings is 1. The average Bonchev–Trinajstić information content (AvgIpc) is 3.51. The van der Waals surface area contributed by atoms with Crippen LogP contribution in [-0.2, 0) is 16.1 Å². The molecule has 3 aromatic rings. The van der Waals surface area contributed by atoms with Crippen LogP contribution in [0, 0.1) is 22.7 Å². The van der Waals surface area contributed by atoms with Gasteiger partial charge in [0.25, 0.3) is 11.8 Å². The van der Waals surface area contributed by atoms with Gasteiger partial charge in [-0.15, -0.1) is 0 Å². The average molecular weight is 636 g/mol. The quantitative estimate of drug-likeness (QED) is 0.128. The number of ether oxygens (including phenoxy) is 2. The van der Waals surface area contributed by atoms with Crippen molar-refractivity contribution >= 4 is 35.6 Å². The van der Waals surface area contributed by atoms with Gasteiger partial charge in [-0.05, 0) is 62.7 Å². The zero-order valence-electron chi connectivity index (χ0n) is 26.7. The van der Waals surface area contributed by atoms with Crippen LogP contribution in [0.3, 0.4) is 0 Å². The number of rotatable bonds is 8. The van der Waals surface area contributed by atoms with Crippen molar-refractivity contribution < 1.29 is 34.0 Å². The molecular formula is C35H35N6O6+. The number of hydrogen-bond acceptors (Lipinski definition) is 8. The van der Waals surface area contributed by atoms with E-state index >= 15 is 0 Å². The van der Waals surface area contributed by atoms with E-state index in [1.54, 1.807) is 86.9 Å². The standard InChI is InChI=1S/C35H34N6O6/c1-34(2,3)32(44)47-28-13-12-27(24(17-36)18-37-4)38-29(28)22-8-6-21(7-9-22)14-15-35(31(43)39-33(45)40-35)20-41-19-23-10-11-25(46-5)16-26(23)30(41)42/h6-13,16-18,36-37H,19-20H2,1-5H3,(H2,39,40,43,45)/p+1/b24-18+,36-17?/t35-/m1/s1. The number of fused-ring (bicyclic) bond motifs is 1. The molecule has 3 heterocycles. The van der Waals surface area contributed by atoms with Crippen LogP contribution in [0.4, 0.5) is 4.79 Å². The molecule has 2 aliphatic heterocycles. The van der Waals surface area contributed by atoms with Crippen LogP contribution in [0.2, 0.25) is 0 Å². The molecule has 0 spiro atoms. The Morgan fingerprint density at radius 1 is 1.13 bits per heavy atom. The minimum absolute atomic E-state index is 0.164. The second-order valence-corrected chi connectivity index (χ2v) is 12.1. The van der Waals surface area contributed by atoms with Gasteiger partial charge in [0.2, 0.25) is 5.54 Å². The van der Waals surface area contributed by atoms with E-state index < -0.39 is 28.9 Å². The van der Waals surface area contributed by atoms with E-state index in [4.69, 9.17) is 19.9 Å². The number of nitrogens with one attached hydrogen (secondary N) is 3. The third kappa shape index (κ3) is 6.75. The number of allylic oxidation sites excluding steroid dienone is 1. The topological polar surface area (TPSA) is 167 Å². The molecule has 1 fully saturated rings. The van der Waals surface area contributed by atoms with Crippen LogP contribution >= 0.6 is 0 Å². The van der Waals surface area contributed by atoms with Gasteiger partial charge in [-0.2, -0.15) is 0 Å². The fraction of sp³-hybridized carbons (Fsp3) is 0.257. The van der Waals surface area contributed by atoms with Gasteiger partial charge in [0, 0.05) is 29.4 Å². The molecule has 2 aromatic carbocycles. The molecule has 1 saturated heterocycles. The lowest BCUT2D eigenvalue weighted by molar-refractivity contribution is -0.555. The molecule has 5 N–H and O–H groups in total. The SMILES string of the molecule is C[NH2+]/C=C(\C=N)c1ccc(OC(=O)C(C)(C)C)c(-c2ccc(C#C[C@]3(CN4Cc5ccc(OC)cc5C4=O)NC(=O)NC3=O)cc2)n1. The number of imide groups is 1. The number of carbonyl (C=O) groups is 4. The second-order valence-electron chi connectivity index (χ2n) is 12.1. The van der Waals surface area contributed by atoms with Crippen molar-refractivity contribution in [2.75, 3.05) is 20.7 Å². The number of urea groups is 1. The molecule has 1 atom stereocenters. The summed E-state index contributed by atoms with van der Waals surface area (Å²) in [6.07, 6.45) is 2.96. The fourth-order valence-corrected chi connectivity index (χ4v) is 5.04. The maximum absolute atomic E-state index is 13.2. The maximum Gasteiger partial charge on any atom is 0.323 e. The summed E-state index contributed by atoms with van der Waals surface area (Å²) in [6.45, 7) is 5.35. The summed E-state index contributed by atoms with van der Waals surface area (Å²) in [6, 6.07) is 14.8. The smallest absolute Gasteiger partial charge is 0.323 e. The number of carbonyl (C=O) groups excluding carboxylic acids is 4. The molecule has 0 bridgehead atoms. The molecular weight excluding hydrogens is 600 g/mol. The van der Waals surface area contributed by atoms with E-state index in [0.717, 1.165) is 5.56 Å². The van der Waals surface area contributed by atoms with Gasteiger partial charge in [-0.3, -0.25) is 19.7 Å². The first-order valence-corrected chi connectivity index (χ1v) is 14.8. The van der Waals surface area contributed by atoms with E-state index in [1.165, 1.54) is 18.2 Å². The number of amides is 4. The number of hydrogen-bond donors (Lipinski definition) is 4. The first kappa shape index (κ1) is 32.6. The van der Waals surface area contributed by atoms with Gasteiger partial charge < -0.3 is 30.4 Å². The fourth-order valence-electron chi connectivity index (χ4n) is 5.04. The second kappa shape index (κ2) is 12.9. The van der Waals surface area contributed by atoms with Crippen molar-refractivity contribution in [3.63, 3.8) is 0 Å². The minimum atomic E-state index is -1.67. The Balaban J connectivity index is 1.46. The number of methoxy groups -OCH3 is 1. The Bertz CT molecular complexity index is 1880.